The van der Waals surface area contributed by atoms with E-state index in [-0.39, 0.29) is 6.61 Å². The normalized spacial score (nSPS) is 11.8. The monoisotopic (exact) mass is 256 g/mol. The van der Waals surface area contributed by atoms with Gasteiger partial charge in [-0.05, 0) is 24.3 Å². The van der Waals surface area contributed by atoms with Crippen LogP contribution < -0.4 is 0 Å². The highest BCUT2D eigenvalue weighted by Gasteiger charge is 2.30. The van der Waals surface area contributed by atoms with Crippen molar-refractivity contribution in [3.63, 3.8) is 0 Å². The number of halogens is 3. The van der Waals surface area contributed by atoms with E-state index in [1.807, 2.05) is 0 Å². The lowest BCUT2D eigenvalue weighted by atomic mass is 10.1. The first-order valence-corrected chi connectivity index (χ1v) is 5.38. The van der Waals surface area contributed by atoms with Gasteiger partial charge >= 0.3 is 6.18 Å². The van der Waals surface area contributed by atoms with E-state index in [4.69, 9.17) is 9.52 Å². The van der Waals surface area contributed by atoms with Crippen LogP contribution in [0.4, 0.5) is 13.2 Å². The van der Waals surface area contributed by atoms with Crippen molar-refractivity contribution < 1.29 is 22.7 Å². The van der Waals surface area contributed by atoms with Crippen molar-refractivity contribution in [1.29, 1.82) is 0 Å². The molecule has 2 rings (SSSR count). The third kappa shape index (κ3) is 2.73. The molecule has 1 N–H and O–H groups in total. The highest BCUT2D eigenvalue weighted by molar-refractivity contribution is 5.58. The molecule has 96 valence electrons. The Morgan fingerprint density at radius 3 is 2.22 bits per heavy atom. The van der Waals surface area contributed by atoms with Gasteiger partial charge < -0.3 is 9.52 Å². The van der Waals surface area contributed by atoms with Crippen molar-refractivity contribution in [3.05, 3.63) is 47.7 Å². The summed E-state index contributed by atoms with van der Waals surface area (Å²) in [5.41, 5.74) is -0.111. The van der Waals surface area contributed by atoms with E-state index in [1.165, 1.54) is 12.1 Å². The lowest BCUT2D eigenvalue weighted by Gasteiger charge is -2.06. The molecule has 0 spiro atoms. The number of aliphatic hydroxyl groups is 1. The van der Waals surface area contributed by atoms with Gasteiger partial charge in [-0.15, -0.1) is 0 Å². The van der Waals surface area contributed by atoms with Crippen LogP contribution in [0.3, 0.4) is 0 Å². The number of rotatable bonds is 3. The van der Waals surface area contributed by atoms with Crippen LogP contribution in [0.25, 0.3) is 11.3 Å². The van der Waals surface area contributed by atoms with Gasteiger partial charge in [0.05, 0.1) is 12.2 Å². The van der Waals surface area contributed by atoms with Crippen molar-refractivity contribution in [1.82, 2.24) is 0 Å². The Kier molecular flexibility index (Phi) is 3.43. The first-order valence-electron chi connectivity index (χ1n) is 5.38. The molecule has 0 atom stereocenters. The molecule has 1 heterocycles. The summed E-state index contributed by atoms with van der Waals surface area (Å²) in [5, 5.41) is 8.74. The fourth-order valence-corrected chi connectivity index (χ4v) is 1.60. The van der Waals surface area contributed by atoms with Gasteiger partial charge in [-0.1, -0.05) is 12.1 Å². The minimum atomic E-state index is -4.33. The van der Waals surface area contributed by atoms with Gasteiger partial charge in [-0.25, -0.2) is 0 Å². The Morgan fingerprint density at radius 2 is 1.67 bits per heavy atom. The molecule has 0 amide bonds. The largest absolute Gasteiger partial charge is 0.461 e. The van der Waals surface area contributed by atoms with Crippen LogP contribution in [0.1, 0.15) is 11.3 Å². The fraction of sp³-hybridized carbons (Fsp3) is 0.231. The van der Waals surface area contributed by atoms with Crippen LogP contribution in [0.5, 0.6) is 0 Å². The molecule has 0 aliphatic heterocycles. The standard InChI is InChI=1S/C13H11F3O2/c14-13(15,16)10-3-1-9(2-4-10)12-6-5-11(18-12)7-8-17/h1-6,17H,7-8H2. The number of furan rings is 1. The molecule has 2 aromatic rings. The van der Waals surface area contributed by atoms with E-state index < -0.39 is 11.7 Å². The second-order valence-corrected chi connectivity index (χ2v) is 3.81. The minimum absolute atomic E-state index is 0.0278. The topological polar surface area (TPSA) is 33.4 Å². The number of hydrogen-bond donors (Lipinski definition) is 1. The SMILES string of the molecule is OCCc1ccc(-c2ccc(C(F)(F)F)cc2)o1. The second-order valence-electron chi connectivity index (χ2n) is 3.81. The summed E-state index contributed by atoms with van der Waals surface area (Å²) in [7, 11) is 0. The van der Waals surface area contributed by atoms with E-state index >= 15 is 0 Å². The maximum absolute atomic E-state index is 12.4. The average Bonchev–Trinajstić information content (AvgIpc) is 2.77. The van der Waals surface area contributed by atoms with Crippen molar-refractivity contribution in [2.75, 3.05) is 6.61 Å². The second kappa shape index (κ2) is 4.86. The Labute approximate surface area is 102 Å². The Hall–Kier alpha value is -1.75. The molecule has 0 unspecified atom stereocenters. The lowest BCUT2D eigenvalue weighted by Crippen LogP contribution is -2.03. The quantitative estimate of drug-likeness (QED) is 0.911. The lowest BCUT2D eigenvalue weighted by molar-refractivity contribution is -0.137. The summed E-state index contributed by atoms with van der Waals surface area (Å²) in [5.74, 6) is 1.10. The zero-order valence-electron chi connectivity index (χ0n) is 9.37. The smallest absolute Gasteiger partial charge is 0.416 e. The van der Waals surface area contributed by atoms with Gasteiger partial charge in [0.2, 0.25) is 0 Å². The number of alkyl halides is 3. The molecule has 2 nitrogen and oxygen atoms in total. The van der Waals surface area contributed by atoms with E-state index in [0.717, 1.165) is 12.1 Å². The molecule has 0 aliphatic rings. The van der Waals surface area contributed by atoms with Gasteiger partial charge in [0.15, 0.2) is 0 Å². The third-order valence-electron chi connectivity index (χ3n) is 2.52. The summed E-state index contributed by atoms with van der Waals surface area (Å²) in [6.45, 7) is -0.0278. The fourth-order valence-electron chi connectivity index (χ4n) is 1.60. The molecule has 1 aromatic heterocycles. The first kappa shape index (κ1) is 12.7. The predicted octanol–water partition coefficient (Wildman–Crippen LogP) is 3.50. The van der Waals surface area contributed by atoms with Gasteiger partial charge in [0.25, 0.3) is 0 Å². The molecule has 0 saturated heterocycles. The number of aliphatic hydroxyl groups excluding tert-OH is 1. The molecule has 18 heavy (non-hydrogen) atoms. The molecular formula is C13H11F3O2. The van der Waals surface area contributed by atoms with Crippen molar-refractivity contribution in [3.8, 4) is 11.3 Å². The number of hydrogen-bond acceptors (Lipinski definition) is 2. The van der Waals surface area contributed by atoms with Gasteiger partial charge in [0.1, 0.15) is 11.5 Å². The Morgan fingerprint density at radius 1 is 1.00 bits per heavy atom. The highest BCUT2D eigenvalue weighted by atomic mass is 19.4. The van der Waals surface area contributed by atoms with Gasteiger partial charge in [-0.2, -0.15) is 13.2 Å². The zero-order valence-corrected chi connectivity index (χ0v) is 9.37. The van der Waals surface area contributed by atoms with Gasteiger partial charge in [0, 0.05) is 12.0 Å². The highest BCUT2D eigenvalue weighted by Crippen LogP contribution is 2.31. The zero-order chi connectivity index (χ0) is 13.2. The molecular weight excluding hydrogens is 245 g/mol. The first-order chi connectivity index (χ1) is 8.50. The predicted molar refractivity (Wildman–Crippen MR) is 59.9 cm³/mol. The van der Waals surface area contributed by atoms with E-state index in [9.17, 15) is 13.2 Å². The molecule has 0 radical (unpaired) electrons. The summed E-state index contributed by atoms with van der Waals surface area (Å²) >= 11 is 0. The summed E-state index contributed by atoms with van der Waals surface area (Å²) in [6, 6.07) is 8.14. The maximum atomic E-state index is 12.4. The van der Waals surface area contributed by atoms with Crippen LogP contribution in [0.2, 0.25) is 0 Å². The van der Waals surface area contributed by atoms with Crippen molar-refractivity contribution in [2.24, 2.45) is 0 Å². The third-order valence-corrected chi connectivity index (χ3v) is 2.52. The molecule has 0 bridgehead atoms. The number of benzene rings is 1. The van der Waals surface area contributed by atoms with Crippen LogP contribution in [-0.2, 0) is 12.6 Å². The molecule has 1 aromatic carbocycles. The maximum Gasteiger partial charge on any atom is 0.416 e. The van der Waals surface area contributed by atoms with Crippen LogP contribution >= 0.6 is 0 Å². The van der Waals surface area contributed by atoms with E-state index in [1.54, 1.807) is 12.1 Å². The Bertz CT molecular complexity index is 512. The van der Waals surface area contributed by atoms with Crippen LogP contribution in [0.15, 0.2) is 40.8 Å². The minimum Gasteiger partial charge on any atom is -0.461 e. The summed E-state index contributed by atoms with van der Waals surface area (Å²) in [6.07, 6.45) is -3.94. The van der Waals surface area contributed by atoms with Crippen LogP contribution in [0, 0.1) is 0 Å². The van der Waals surface area contributed by atoms with Crippen LogP contribution in [-0.4, -0.2) is 11.7 Å². The van der Waals surface area contributed by atoms with E-state index in [0.29, 0.717) is 23.5 Å². The van der Waals surface area contributed by atoms with Crippen molar-refractivity contribution in [2.45, 2.75) is 12.6 Å². The van der Waals surface area contributed by atoms with Gasteiger partial charge in [-0.3, -0.25) is 0 Å². The molecule has 0 saturated carbocycles. The molecule has 0 aliphatic carbocycles. The Balaban J connectivity index is 2.23. The van der Waals surface area contributed by atoms with Crippen molar-refractivity contribution >= 4 is 0 Å². The average molecular weight is 256 g/mol. The molecule has 0 fully saturated rings. The van der Waals surface area contributed by atoms with E-state index in [2.05, 4.69) is 0 Å². The summed E-state index contributed by atoms with van der Waals surface area (Å²) in [4.78, 5) is 0. The molecule has 5 heteroatoms. The summed E-state index contributed by atoms with van der Waals surface area (Å²) < 4.78 is 42.5.